The fourth-order valence-electron chi connectivity index (χ4n) is 1.38. The third-order valence-corrected chi connectivity index (χ3v) is 3.06. The molecule has 0 aliphatic carbocycles. The van der Waals surface area contributed by atoms with Crippen molar-refractivity contribution in [2.24, 2.45) is 0 Å². The molecule has 0 radical (unpaired) electrons. The number of carbonyl (C=O) groups is 1. The van der Waals surface area contributed by atoms with Gasteiger partial charge in [-0.3, -0.25) is 4.79 Å². The highest BCUT2D eigenvalue weighted by Crippen LogP contribution is 2.28. The van der Waals surface area contributed by atoms with Crippen LogP contribution in [-0.2, 0) is 0 Å². The van der Waals surface area contributed by atoms with E-state index in [1.807, 2.05) is 17.5 Å². The van der Waals surface area contributed by atoms with E-state index >= 15 is 0 Å². The van der Waals surface area contributed by atoms with Crippen LogP contribution in [0.15, 0.2) is 35.7 Å². The van der Waals surface area contributed by atoms with Gasteiger partial charge >= 0.3 is 0 Å². The monoisotopic (exact) mass is 213 g/mol. The second kappa shape index (κ2) is 4.07. The van der Waals surface area contributed by atoms with E-state index in [1.54, 1.807) is 18.2 Å². The summed E-state index contributed by atoms with van der Waals surface area (Å²) in [6.07, 6.45) is 0.838. The van der Waals surface area contributed by atoms with Crippen LogP contribution in [0.4, 0.5) is 0 Å². The highest BCUT2D eigenvalue weighted by Gasteiger charge is 2.06. The van der Waals surface area contributed by atoms with Crippen LogP contribution in [0.5, 0.6) is 0 Å². The van der Waals surface area contributed by atoms with E-state index in [4.69, 9.17) is 5.26 Å². The minimum Gasteiger partial charge on any atom is -0.298 e. The van der Waals surface area contributed by atoms with Crippen LogP contribution in [0.1, 0.15) is 15.9 Å². The largest absolute Gasteiger partial charge is 0.298 e. The van der Waals surface area contributed by atoms with Crippen molar-refractivity contribution in [2.75, 3.05) is 0 Å². The van der Waals surface area contributed by atoms with Crippen LogP contribution >= 0.6 is 11.3 Å². The van der Waals surface area contributed by atoms with Gasteiger partial charge in [0, 0.05) is 10.4 Å². The molecule has 2 aromatic rings. The standard InChI is InChI=1S/C12H7NOS/c13-7-9-2-1-3-10(6-9)12-11(8-14)4-5-15-12/h1-6,8H. The zero-order valence-corrected chi connectivity index (χ0v) is 8.62. The summed E-state index contributed by atoms with van der Waals surface area (Å²) in [5, 5.41) is 10.6. The zero-order valence-electron chi connectivity index (χ0n) is 7.81. The minimum atomic E-state index is 0.609. The summed E-state index contributed by atoms with van der Waals surface area (Å²) in [4.78, 5) is 11.7. The van der Waals surface area contributed by atoms with Gasteiger partial charge in [-0.05, 0) is 29.1 Å². The van der Waals surface area contributed by atoms with Crippen LogP contribution in [0, 0.1) is 11.3 Å². The molecule has 0 fully saturated rings. The van der Waals surface area contributed by atoms with Crippen molar-refractivity contribution in [3.63, 3.8) is 0 Å². The van der Waals surface area contributed by atoms with E-state index in [1.165, 1.54) is 11.3 Å². The van der Waals surface area contributed by atoms with Gasteiger partial charge in [-0.2, -0.15) is 5.26 Å². The Bertz CT molecular complexity index is 537. The molecule has 0 saturated carbocycles. The molecule has 0 N–H and O–H groups in total. The molecule has 0 aliphatic heterocycles. The number of hydrogen-bond donors (Lipinski definition) is 0. The first-order valence-electron chi connectivity index (χ1n) is 4.38. The van der Waals surface area contributed by atoms with Gasteiger partial charge in [0.1, 0.15) is 0 Å². The van der Waals surface area contributed by atoms with E-state index in [2.05, 4.69) is 6.07 Å². The van der Waals surface area contributed by atoms with Crippen molar-refractivity contribution in [1.82, 2.24) is 0 Å². The van der Waals surface area contributed by atoms with E-state index in [-0.39, 0.29) is 0 Å². The third kappa shape index (κ3) is 1.80. The molecule has 0 saturated heterocycles. The molecule has 0 bridgehead atoms. The Morgan fingerprint density at radius 1 is 1.33 bits per heavy atom. The summed E-state index contributed by atoms with van der Waals surface area (Å²) in [7, 11) is 0. The summed E-state index contributed by atoms with van der Waals surface area (Å²) in [6, 6.07) is 11.1. The Morgan fingerprint density at radius 2 is 2.20 bits per heavy atom. The van der Waals surface area contributed by atoms with Gasteiger partial charge in [0.15, 0.2) is 6.29 Å². The van der Waals surface area contributed by atoms with Crippen LogP contribution in [0.2, 0.25) is 0 Å². The number of aldehydes is 1. The Labute approximate surface area is 91.4 Å². The van der Waals surface area contributed by atoms with Gasteiger partial charge in [0.25, 0.3) is 0 Å². The first-order valence-corrected chi connectivity index (χ1v) is 5.26. The van der Waals surface area contributed by atoms with Gasteiger partial charge in [-0.1, -0.05) is 12.1 Å². The van der Waals surface area contributed by atoms with Gasteiger partial charge in [0.05, 0.1) is 11.6 Å². The third-order valence-electron chi connectivity index (χ3n) is 2.08. The summed E-state index contributed by atoms with van der Waals surface area (Å²) in [5.41, 5.74) is 2.21. The fraction of sp³-hybridized carbons (Fsp3) is 0. The lowest BCUT2D eigenvalue weighted by Crippen LogP contribution is -1.81. The number of rotatable bonds is 2. The predicted octanol–water partition coefficient (Wildman–Crippen LogP) is 3.10. The van der Waals surface area contributed by atoms with Crippen LogP contribution in [-0.4, -0.2) is 6.29 Å². The maximum Gasteiger partial charge on any atom is 0.151 e. The molecule has 72 valence electrons. The van der Waals surface area contributed by atoms with Crippen LogP contribution < -0.4 is 0 Å². The van der Waals surface area contributed by atoms with E-state index < -0.39 is 0 Å². The molecule has 0 amide bonds. The second-order valence-corrected chi connectivity index (χ2v) is 3.93. The number of benzene rings is 1. The summed E-state index contributed by atoms with van der Waals surface area (Å²) >= 11 is 1.51. The number of thiophene rings is 1. The molecular formula is C12H7NOS. The Balaban J connectivity index is 2.54. The second-order valence-electron chi connectivity index (χ2n) is 3.02. The lowest BCUT2D eigenvalue weighted by molar-refractivity contribution is 0.112. The quantitative estimate of drug-likeness (QED) is 0.719. The molecule has 0 unspecified atom stereocenters. The topological polar surface area (TPSA) is 40.9 Å². The molecule has 15 heavy (non-hydrogen) atoms. The molecule has 2 rings (SSSR count). The molecule has 0 atom stereocenters. The van der Waals surface area contributed by atoms with E-state index in [9.17, 15) is 4.79 Å². The minimum absolute atomic E-state index is 0.609. The van der Waals surface area contributed by atoms with Crippen molar-refractivity contribution in [3.8, 4) is 16.5 Å². The van der Waals surface area contributed by atoms with E-state index in [0.717, 1.165) is 16.7 Å². The van der Waals surface area contributed by atoms with E-state index in [0.29, 0.717) is 11.1 Å². The predicted molar refractivity (Wildman–Crippen MR) is 59.9 cm³/mol. The summed E-state index contributed by atoms with van der Waals surface area (Å²) in [5.74, 6) is 0. The lowest BCUT2D eigenvalue weighted by Gasteiger charge is -1.98. The maximum atomic E-state index is 10.8. The van der Waals surface area contributed by atoms with Gasteiger partial charge in [-0.25, -0.2) is 0 Å². The van der Waals surface area contributed by atoms with Gasteiger partial charge < -0.3 is 0 Å². The van der Waals surface area contributed by atoms with Crippen molar-refractivity contribution in [1.29, 1.82) is 5.26 Å². The molecular weight excluding hydrogens is 206 g/mol. The first kappa shape index (κ1) is 9.63. The summed E-state index contributed by atoms with van der Waals surface area (Å²) in [6.45, 7) is 0. The average molecular weight is 213 g/mol. The molecule has 3 heteroatoms. The first-order chi connectivity index (χ1) is 7.35. The Hall–Kier alpha value is -1.92. The van der Waals surface area contributed by atoms with Crippen molar-refractivity contribution in [2.45, 2.75) is 0 Å². The normalized spacial score (nSPS) is 9.53. The van der Waals surface area contributed by atoms with Gasteiger partial charge in [-0.15, -0.1) is 11.3 Å². The van der Waals surface area contributed by atoms with Crippen LogP contribution in [0.25, 0.3) is 10.4 Å². The molecule has 1 aromatic carbocycles. The Morgan fingerprint density at radius 3 is 2.93 bits per heavy atom. The highest BCUT2D eigenvalue weighted by molar-refractivity contribution is 7.14. The van der Waals surface area contributed by atoms with Crippen LogP contribution in [0.3, 0.4) is 0 Å². The summed E-state index contributed by atoms with van der Waals surface area (Å²) < 4.78 is 0. The number of hydrogen-bond acceptors (Lipinski definition) is 3. The average Bonchev–Trinajstić information content (AvgIpc) is 2.77. The fourth-order valence-corrected chi connectivity index (χ4v) is 2.24. The SMILES string of the molecule is N#Cc1cccc(-c2sccc2C=O)c1. The molecule has 0 spiro atoms. The molecule has 0 aliphatic rings. The number of nitrogens with zero attached hydrogens (tertiary/aromatic N) is 1. The highest BCUT2D eigenvalue weighted by atomic mass is 32.1. The van der Waals surface area contributed by atoms with Crippen molar-refractivity contribution >= 4 is 17.6 Å². The van der Waals surface area contributed by atoms with Crippen molar-refractivity contribution in [3.05, 3.63) is 46.8 Å². The number of carbonyl (C=O) groups excluding carboxylic acids is 1. The zero-order chi connectivity index (χ0) is 10.7. The number of nitriles is 1. The molecule has 2 nitrogen and oxygen atoms in total. The van der Waals surface area contributed by atoms with Crippen molar-refractivity contribution < 1.29 is 4.79 Å². The lowest BCUT2D eigenvalue weighted by atomic mass is 10.1. The van der Waals surface area contributed by atoms with Gasteiger partial charge in [0.2, 0.25) is 0 Å². The maximum absolute atomic E-state index is 10.8. The molecule has 1 aromatic heterocycles. The Kier molecular flexibility index (Phi) is 2.61. The smallest absolute Gasteiger partial charge is 0.151 e. The molecule has 1 heterocycles.